The molecule has 0 saturated carbocycles. The Morgan fingerprint density at radius 1 is 1.29 bits per heavy atom. The van der Waals surface area contributed by atoms with Crippen LogP contribution >= 0.6 is 11.3 Å². The van der Waals surface area contributed by atoms with Crippen molar-refractivity contribution in [3.05, 3.63) is 31.3 Å². The number of alkyl halides is 3. The minimum absolute atomic E-state index is 0.129. The summed E-state index contributed by atoms with van der Waals surface area (Å²) in [6.45, 7) is 0.529. The number of thiophene rings is 1. The number of hydrogen-bond donors (Lipinski definition) is 1. The lowest BCUT2D eigenvalue weighted by Crippen LogP contribution is -2.40. The number of aromatic carboxylic acids is 1. The molecule has 0 unspecified atom stereocenters. The highest BCUT2D eigenvalue weighted by molar-refractivity contribution is 7.20. The predicted octanol–water partition coefficient (Wildman–Crippen LogP) is 1.71. The van der Waals surface area contributed by atoms with Gasteiger partial charge in [0.2, 0.25) is 0 Å². The first-order chi connectivity index (χ1) is 11.1. The molecule has 1 N–H and O–H groups in total. The molecule has 0 radical (unpaired) electrons. The molecule has 130 valence electrons. The average molecular weight is 364 g/mol. The highest BCUT2D eigenvalue weighted by atomic mass is 32.1. The van der Waals surface area contributed by atoms with Crippen LogP contribution in [0.5, 0.6) is 0 Å². The molecule has 2 heterocycles. The van der Waals surface area contributed by atoms with Crippen LogP contribution in [-0.4, -0.2) is 32.7 Å². The number of carboxylic acid groups (broad SMARTS) is 1. The minimum atomic E-state index is -4.54. The van der Waals surface area contributed by atoms with Gasteiger partial charge in [0.1, 0.15) is 9.71 Å². The molecule has 24 heavy (non-hydrogen) atoms. The van der Waals surface area contributed by atoms with Gasteiger partial charge in [0.15, 0.2) is 6.29 Å². The van der Waals surface area contributed by atoms with E-state index >= 15 is 0 Å². The first kappa shape index (κ1) is 17.9. The summed E-state index contributed by atoms with van der Waals surface area (Å²) in [5, 5.41) is 8.76. The molecule has 0 bridgehead atoms. The van der Waals surface area contributed by atoms with Gasteiger partial charge < -0.3 is 5.11 Å². The Kier molecular flexibility index (Phi) is 4.65. The molecule has 0 atom stereocenters. The minimum Gasteiger partial charge on any atom is -0.477 e. The fourth-order valence-corrected chi connectivity index (χ4v) is 3.39. The van der Waals surface area contributed by atoms with Crippen LogP contribution in [0, 0.1) is 0 Å². The molecule has 0 aliphatic rings. The molecular weight excluding hydrogens is 353 g/mol. The maximum Gasteiger partial charge on any atom is 0.390 e. The number of carbonyl (C=O) groups is 2. The number of aldehydes is 1. The number of halogens is 3. The standard InChI is InChI=1S/C13H11F3N2O5S/c1-2-17-9(20)7-6(5-19)8(11(21)22)24-10(7)18(12(17)23)4-3-13(14,15)16/h5H,2-4H2,1H3,(H,21,22). The van der Waals surface area contributed by atoms with E-state index in [0.717, 1.165) is 0 Å². The van der Waals surface area contributed by atoms with Gasteiger partial charge in [-0.3, -0.25) is 18.7 Å². The van der Waals surface area contributed by atoms with Crippen LogP contribution in [0.2, 0.25) is 0 Å². The third kappa shape index (κ3) is 2.98. The number of fused-ring (bicyclic) bond motifs is 1. The quantitative estimate of drug-likeness (QED) is 0.815. The second kappa shape index (κ2) is 6.23. The maximum atomic E-state index is 12.5. The van der Waals surface area contributed by atoms with Gasteiger partial charge in [-0.15, -0.1) is 11.3 Å². The van der Waals surface area contributed by atoms with Gasteiger partial charge in [-0.2, -0.15) is 13.2 Å². The van der Waals surface area contributed by atoms with Crippen molar-refractivity contribution in [3.8, 4) is 0 Å². The average Bonchev–Trinajstić information content (AvgIpc) is 2.86. The Labute approximate surface area is 135 Å². The second-order valence-electron chi connectivity index (χ2n) is 4.80. The van der Waals surface area contributed by atoms with Gasteiger partial charge in [-0.05, 0) is 6.92 Å². The zero-order chi connectivity index (χ0) is 18.2. The number of nitrogens with zero attached hydrogens (tertiary/aromatic N) is 2. The summed E-state index contributed by atoms with van der Waals surface area (Å²) >= 11 is 0.433. The first-order valence-electron chi connectivity index (χ1n) is 6.67. The zero-order valence-corrected chi connectivity index (χ0v) is 13.0. The van der Waals surface area contributed by atoms with Gasteiger partial charge in [-0.1, -0.05) is 0 Å². The molecule has 7 nitrogen and oxygen atoms in total. The first-order valence-corrected chi connectivity index (χ1v) is 7.49. The highest BCUT2D eigenvalue weighted by Gasteiger charge is 2.29. The smallest absolute Gasteiger partial charge is 0.390 e. The second-order valence-corrected chi connectivity index (χ2v) is 5.80. The zero-order valence-electron chi connectivity index (χ0n) is 12.2. The van der Waals surface area contributed by atoms with Gasteiger partial charge in [0.25, 0.3) is 5.56 Å². The summed E-state index contributed by atoms with van der Waals surface area (Å²) in [6.07, 6.45) is -5.72. The van der Waals surface area contributed by atoms with Crippen molar-refractivity contribution in [1.82, 2.24) is 9.13 Å². The topological polar surface area (TPSA) is 98.4 Å². The Morgan fingerprint density at radius 2 is 1.92 bits per heavy atom. The molecule has 0 saturated heterocycles. The Bertz CT molecular complexity index is 938. The number of aromatic nitrogens is 2. The van der Waals surface area contributed by atoms with Crippen LogP contribution in [0.4, 0.5) is 13.2 Å². The Balaban J connectivity index is 2.90. The molecule has 0 aromatic carbocycles. The van der Waals surface area contributed by atoms with Gasteiger partial charge >= 0.3 is 17.8 Å². The van der Waals surface area contributed by atoms with Crippen LogP contribution in [-0.2, 0) is 13.1 Å². The summed E-state index contributed by atoms with van der Waals surface area (Å²) in [5.41, 5.74) is -2.31. The summed E-state index contributed by atoms with van der Waals surface area (Å²) in [6, 6.07) is 0. The van der Waals surface area contributed by atoms with Crippen molar-refractivity contribution in [1.29, 1.82) is 0 Å². The van der Waals surface area contributed by atoms with E-state index < -0.39 is 46.8 Å². The summed E-state index contributed by atoms with van der Waals surface area (Å²) in [5.74, 6) is -1.50. The number of rotatable bonds is 5. The van der Waals surface area contributed by atoms with E-state index in [-0.39, 0.29) is 23.0 Å². The predicted molar refractivity (Wildman–Crippen MR) is 79.0 cm³/mol. The third-order valence-corrected chi connectivity index (χ3v) is 4.56. The number of hydrogen-bond acceptors (Lipinski definition) is 5. The van der Waals surface area contributed by atoms with Crippen LogP contribution < -0.4 is 11.2 Å². The number of carbonyl (C=O) groups excluding carboxylic acids is 1. The van der Waals surface area contributed by atoms with E-state index in [1.165, 1.54) is 6.92 Å². The van der Waals surface area contributed by atoms with Gasteiger partial charge in [0.05, 0.1) is 17.4 Å². The van der Waals surface area contributed by atoms with Crippen LogP contribution in [0.1, 0.15) is 33.4 Å². The largest absolute Gasteiger partial charge is 0.477 e. The maximum absolute atomic E-state index is 12.5. The van der Waals surface area contributed by atoms with E-state index in [0.29, 0.717) is 20.5 Å². The molecular formula is C13H11F3N2O5S. The van der Waals surface area contributed by atoms with E-state index in [2.05, 4.69) is 0 Å². The Morgan fingerprint density at radius 3 is 2.38 bits per heavy atom. The van der Waals surface area contributed by atoms with Gasteiger partial charge in [0, 0.05) is 13.1 Å². The molecule has 2 rings (SSSR count). The summed E-state index contributed by atoms with van der Waals surface area (Å²) < 4.78 is 38.8. The van der Waals surface area contributed by atoms with Crippen LogP contribution in [0.15, 0.2) is 9.59 Å². The van der Waals surface area contributed by atoms with E-state index in [4.69, 9.17) is 5.11 Å². The number of carboxylic acids is 1. The molecule has 0 spiro atoms. The van der Waals surface area contributed by atoms with E-state index in [1.54, 1.807) is 0 Å². The summed E-state index contributed by atoms with van der Waals surface area (Å²) in [4.78, 5) is 46.3. The molecule has 2 aromatic heterocycles. The monoisotopic (exact) mass is 364 g/mol. The molecule has 0 aliphatic heterocycles. The van der Waals surface area contributed by atoms with Crippen molar-refractivity contribution in [2.24, 2.45) is 0 Å². The molecule has 11 heteroatoms. The molecule has 0 aliphatic carbocycles. The fraction of sp³-hybridized carbons (Fsp3) is 0.385. The van der Waals surface area contributed by atoms with E-state index in [9.17, 15) is 32.3 Å². The van der Waals surface area contributed by atoms with Crippen molar-refractivity contribution >= 4 is 33.8 Å². The Hall–Kier alpha value is -2.43. The fourth-order valence-electron chi connectivity index (χ4n) is 2.27. The lowest BCUT2D eigenvalue weighted by molar-refractivity contribution is -0.136. The molecule has 2 aromatic rings. The van der Waals surface area contributed by atoms with Crippen LogP contribution in [0.25, 0.3) is 10.2 Å². The lowest BCUT2D eigenvalue weighted by Gasteiger charge is -2.12. The van der Waals surface area contributed by atoms with Crippen molar-refractivity contribution in [2.45, 2.75) is 32.6 Å². The summed E-state index contributed by atoms with van der Waals surface area (Å²) in [7, 11) is 0. The normalized spacial score (nSPS) is 11.8. The van der Waals surface area contributed by atoms with Crippen molar-refractivity contribution < 1.29 is 27.9 Å². The molecule has 0 amide bonds. The SMILES string of the molecule is CCn1c(=O)c2c(C=O)c(C(=O)O)sc2n(CCC(F)(F)F)c1=O. The van der Waals surface area contributed by atoms with Gasteiger partial charge in [-0.25, -0.2) is 9.59 Å². The van der Waals surface area contributed by atoms with Crippen molar-refractivity contribution in [2.75, 3.05) is 0 Å². The third-order valence-electron chi connectivity index (χ3n) is 3.34. The van der Waals surface area contributed by atoms with Crippen LogP contribution in [0.3, 0.4) is 0 Å². The van der Waals surface area contributed by atoms with Crippen molar-refractivity contribution in [3.63, 3.8) is 0 Å². The number of aryl methyl sites for hydroxylation is 1. The lowest BCUT2D eigenvalue weighted by atomic mass is 10.2. The highest BCUT2D eigenvalue weighted by Crippen LogP contribution is 2.28. The van der Waals surface area contributed by atoms with E-state index in [1.807, 2.05) is 0 Å². The molecule has 0 fully saturated rings.